The van der Waals surface area contributed by atoms with E-state index in [1.54, 1.807) is 7.05 Å². The average Bonchev–Trinajstić information content (AvgIpc) is 2.69. The van der Waals surface area contributed by atoms with E-state index in [0.717, 1.165) is 12.3 Å². The third-order valence-electron chi connectivity index (χ3n) is 4.31. The van der Waals surface area contributed by atoms with Crippen molar-refractivity contribution in [3.8, 4) is 0 Å². The molecule has 28 heavy (non-hydrogen) atoms. The molecule has 1 heterocycles. The first-order chi connectivity index (χ1) is 13.3. The van der Waals surface area contributed by atoms with Crippen molar-refractivity contribution in [2.24, 2.45) is 4.99 Å². The van der Waals surface area contributed by atoms with Gasteiger partial charge in [-0.25, -0.2) is 9.97 Å². The summed E-state index contributed by atoms with van der Waals surface area (Å²) in [4.78, 5) is 11.4. The number of hydrogen-bond donors (Lipinski definition) is 3. The van der Waals surface area contributed by atoms with E-state index in [-0.39, 0.29) is 17.9 Å². The Balaban J connectivity index is 1.80. The van der Waals surface area contributed by atoms with Crippen LogP contribution in [0.2, 0.25) is 0 Å². The zero-order chi connectivity index (χ0) is 20.6. The summed E-state index contributed by atoms with van der Waals surface area (Å²) in [5.74, 6) is 0.823. The van der Waals surface area contributed by atoms with Crippen LogP contribution in [0, 0.1) is 0 Å². The van der Waals surface area contributed by atoms with Crippen molar-refractivity contribution in [3.63, 3.8) is 0 Å². The normalized spacial score (nSPS) is 14.3. The second-order valence-electron chi connectivity index (χ2n) is 6.32. The number of aliphatic imine (C=N–C) groups is 1. The van der Waals surface area contributed by atoms with Crippen LogP contribution in [0.3, 0.4) is 0 Å². The number of hydrogen-bond acceptors (Lipinski definition) is 4. The number of halogens is 3. The van der Waals surface area contributed by atoms with Crippen molar-refractivity contribution in [3.05, 3.63) is 53.9 Å². The van der Waals surface area contributed by atoms with Gasteiger partial charge in [0.2, 0.25) is 5.95 Å². The molecule has 0 saturated heterocycles. The van der Waals surface area contributed by atoms with Crippen LogP contribution < -0.4 is 16.0 Å². The van der Waals surface area contributed by atoms with Gasteiger partial charge in [-0.2, -0.15) is 13.2 Å². The van der Waals surface area contributed by atoms with Crippen molar-refractivity contribution in [2.45, 2.75) is 32.0 Å². The van der Waals surface area contributed by atoms with E-state index in [2.05, 4.69) is 56.9 Å². The van der Waals surface area contributed by atoms with Gasteiger partial charge in [0, 0.05) is 38.3 Å². The quantitative estimate of drug-likeness (QED) is 0.382. The largest absolute Gasteiger partial charge is 0.433 e. The van der Waals surface area contributed by atoms with Crippen LogP contribution in [0.1, 0.15) is 31.0 Å². The van der Waals surface area contributed by atoms with Crippen LogP contribution >= 0.6 is 0 Å². The van der Waals surface area contributed by atoms with Crippen molar-refractivity contribution in [1.82, 2.24) is 20.6 Å². The molecule has 1 aromatic heterocycles. The molecule has 2 atom stereocenters. The smallest absolute Gasteiger partial charge is 0.355 e. The van der Waals surface area contributed by atoms with Crippen LogP contribution in [0.15, 0.2) is 47.6 Å². The fourth-order valence-electron chi connectivity index (χ4n) is 2.54. The second kappa shape index (κ2) is 9.91. The zero-order valence-corrected chi connectivity index (χ0v) is 16.1. The first-order valence-corrected chi connectivity index (χ1v) is 8.97. The first-order valence-electron chi connectivity index (χ1n) is 8.97. The lowest BCUT2D eigenvalue weighted by Crippen LogP contribution is -2.45. The number of anilines is 1. The van der Waals surface area contributed by atoms with E-state index in [0.29, 0.717) is 19.0 Å². The van der Waals surface area contributed by atoms with E-state index in [1.165, 1.54) is 5.56 Å². The maximum atomic E-state index is 12.7. The molecule has 0 fully saturated rings. The summed E-state index contributed by atoms with van der Waals surface area (Å²) in [6, 6.07) is 11.1. The lowest BCUT2D eigenvalue weighted by molar-refractivity contribution is -0.141. The van der Waals surface area contributed by atoms with Crippen molar-refractivity contribution in [1.29, 1.82) is 0 Å². The van der Waals surface area contributed by atoms with Gasteiger partial charge in [-0.15, -0.1) is 0 Å². The molecule has 6 nitrogen and oxygen atoms in total. The van der Waals surface area contributed by atoms with Gasteiger partial charge >= 0.3 is 6.18 Å². The Morgan fingerprint density at radius 3 is 2.46 bits per heavy atom. The minimum absolute atomic E-state index is 0.0642. The highest BCUT2D eigenvalue weighted by Crippen LogP contribution is 2.27. The van der Waals surface area contributed by atoms with E-state index >= 15 is 0 Å². The number of guanidine groups is 1. The van der Waals surface area contributed by atoms with Crippen LogP contribution in [0.4, 0.5) is 19.1 Å². The molecule has 0 amide bonds. The Bertz CT molecular complexity index is 764. The molecular weight excluding hydrogens is 369 g/mol. The summed E-state index contributed by atoms with van der Waals surface area (Å²) in [6.45, 7) is 4.97. The number of nitrogens with zero attached hydrogens (tertiary/aromatic N) is 3. The monoisotopic (exact) mass is 394 g/mol. The summed E-state index contributed by atoms with van der Waals surface area (Å²) in [5.41, 5.74) is 0.250. The SMILES string of the molecule is CN=C(NCCNc1nccc(C(F)(F)F)n1)NC(C)C(C)c1ccccc1. The molecule has 0 aliphatic heterocycles. The highest BCUT2D eigenvalue weighted by Gasteiger charge is 2.32. The molecule has 1 aromatic carbocycles. The molecule has 0 saturated carbocycles. The summed E-state index contributed by atoms with van der Waals surface area (Å²) in [6.07, 6.45) is -3.41. The molecule has 0 radical (unpaired) electrons. The number of benzene rings is 1. The first kappa shape index (κ1) is 21.5. The molecule has 0 aliphatic rings. The van der Waals surface area contributed by atoms with Crippen LogP contribution in [0.5, 0.6) is 0 Å². The highest BCUT2D eigenvalue weighted by molar-refractivity contribution is 5.80. The molecule has 0 bridgehead atoms. The predicted octanol–water partition coefficient (Wildman–Crippen LogP) is 3.26. The van der Waals surface area contributed by atoms with Gasteiger partial charge < -0.3 is 16.0 Å². The Labute approximate surface area is 162 Å². The van der Waals surface area contributed by atoms with Gasteiger partial charge in [-0.1, -0.05) is 37.3 Å². The predicted molar refractivity (Wildman–Crippen MR) is 104 cm³/mol. The fraction of sp³-hybridized carbons (Fsp3) is 0.421. The lowest BCUT2D eigenvalue weighted by atomic mass is 9.94. The average molecular weight is 394 g/mol. The molecule has 2 aromatic rings. The molecule has 3 N–H and O–H groups in total. The van der Waals surface area contributed by atoms with Crippen molar-refractivity contribution in [2.75, 3.05) is 25.5 Å². The molecule has 2 unspecified atom stereocenters. The van der Waals surface area contributed by atoms with E-state index in [1.807, 2.05) is 18.2 Å². The molecule has 0 aliphatic carbocycles. The maximum absolute atomic E-state index is 12.7. The summed E-state index contributed by atoms with van der Waals surface area (Å²) < 4.78 is 38.0. The Morgan fingerprint density at radius 1 is 1.11 bits per heavy atom. The minimum atomic E-state index is -4.49. The van der Waals surface area contributed by atoms with Gasteiger partial charge in [0.1, 0.15) is 5.69 Å². The molecule has 152 valence electrons. The zero-order valence-electron chi connectivity index (χ0n) is 16.1. The number of nitrogens with one attached hydrogen (secondary N) is 3. The third-order valence-corrected chi connectivity index (χ3v) is 4.31. The fourth-order valence-corrected chi connectivity index (χ4v) is 2.54. The van der Waals surface area contributed by atoms with Gasteiger partial charge in [-0.3, -0.25) is 4.99 Å². The van der Waals surface area contributed by atoms with Crippen molar-refractivity contribution < 1.29 is 13.2 Å². The maximum Gasteiger partial charge on any atom is 0.433 e. The van der Waals surface area contributed by atoms with Crippen LogP contribution in [-0.2, 0) is 6.18 Å². The van der Waals surface area contributed by atoms with Gasteiger partial charge in [0.25, 0.3) is 0 Å². The Morgan fingerprint density at radius 2 is 1.82 bits per heavy atom. The highest BCUT2D eigenvalue weighted by atomic mass is 19.4. The van der Waals surface area contributed by atoms with Crippen molar-refractivity contribution >= 4 is 11.9 Å². The topological polar surface area (TPSA) is 74.2 Å². The minimum Gasteiger partial charge on any atom is -0.355 e. The Kier molecular flexibility index (Phi) is 7.60. The van der Waals surface area contributed by atoms with Crippen LogP contribution in [0.25, 0.3) is 0 Å². The van der Waals surface area contributed by atoms with Gasteiger partial charge in [-0.05, 0) is 18.6 Å². The number of alkyl halides is 3. The Hall–Kier alpha value is -2.84. The number of aromatic nitrogens is 2. The molecule has 9 heteroatoms. The molecule has 0 spiro atoms. The molecule has 2 rings (SSSR count). The van der Waals surface area contributed by atoms with Gasteiger partial charge in [0.15, 0.2) is 5.96 Å². The second-order valence-corrected chi connectivity index (χ2v) is 6.32. The van der Waals surface area contributed by atoms with E-state index in [4.69, 9.17) is 0 Å². The van der Waals surface area contributed by atoms with E-state index < -0.39 is 11.9 Å². The summed E-state index contributed by atoms with van der Waals surface area (Å²) in [5, 5.41) is 9.22. The molecular formula is C19H25F3N6. The van der Waals surface area contributed by atoms with Gasteiger partial charge in [0.05, 0.1) is 0 Å². The van der Waals surface area contributed by atoms with E-state index in [9.17, 15) is 13.2 Å². The standard InChI is InChI=1S/C19H25F3N6/c1-13(15-7-5-4-6-8-15)14(2)27-17(23-3)25-11-12-26-18-24-10-9-16(28-18)19(20,21)22/h4-10,13-14H,11-12H2,1-3H3,(H2,23,25,27)(H,24,26,28). The number of rotatable bonds is 7. The summed E-state index contributed by atoms with van der Waals surface area (Å²) in [7, 11) is 1.67. The summed E-state index contributed by atoms with van der Waals surface area (Å²) >= 11 is 0. The van der Waals surface area contributed by atoms with Crippen LogP contribution in [-0.4, -0.2) is 42.1 Å². The third kappa shape index (κ3) is 6.40. The lowest BCUT2D eigenvalue weighted by Gasteiger charge is -2.24.